The van der Waals surface area contributed by atoms with Gasteiger partial charge in [-0.05, 0) is 38.1 Å². The van der Waals surface area contributed by atoms with Crippen LogP contribution < -0.4 is 4.74 Å². The van der Waals surface area contributed by atoms with Crippen LogP contribution >= 0.6 is 0 Å². The van der Waals surface area contributed by atoms with Crippen LogP contribution in [0.3, 0.4) is 0 Å². The zero-order valence-electron chi connectivity index (χ0n) is 12.0. The molecule has 2 aromatic rings. The van der Waals surface area contributed by atoms with Crippen molar-refractivity contribution in [1.82, 2.24) is 0 Å². The zero-order chi connectivity index (χ0) is 14.5. The lowest BCUT2D eigenvalue weighted by Crippen LogP contribution is -1.94. The predicted octanol–water partition coefficient (Wildman–Crippen LogP) is 4.21. The number of carbonyl (C=O) groups excluding carboxylic acids is 1. The van der Waals surface area contributed by atoms with Crippen molar-refractivity contribution in [3.8, 4) is 5.75 Å². The molecule has 0 saturated carbocycles. The summed E-state index contributed by atoms with van der Waals surface area (Å²) in [6.45, 7) is 4.01. The molecule has 0 spiro atoms. The molecule has 20 heavy (non-hydrogen) atoms. The molecule has 0 heterocycles. The van der Waals surface area contributed by atoms with Crippen LogP contribution in [0.1, 0.15) is 27.0 Å². The molecule has 2 rings (SSSR count). The number of ketones is 1. The van der Waals surface area contributed by atoms with Crippen LogP contribution in [0.4, 0.5) is 0 Å². The SMILES string of the molecule is COc1ccc(C)cc1/C=C/C(=O)c1ccc(C)cc1. The molecule has 0 aromatic heterocycles. The summed E-state index contributed by atoms with van der Waals surface area (Å²) < 4.78 is 5.29. The molecule has 102 valence electrons. The smallest absolute Gasteiger partial charge is 0.185 e. The van der Waals surface area contributed by atoms with Crippen LogP contribution in [0.15, 0.2) is 48.5 Å². The Kier molecular flexibility index (Phi) is 4.36. The number of hydrogen-bond acceptors (Lipinski definition) is 2. The maximum Gasteiger partial charge on any atom is 0.185 e. The summed E-state index contributed by atoms with van der Waals surface area (Å²) in [6, 6.07) is 13.5. The molecule has 0 radical (unpaired) electrons. The van der Waals surface area contributed by atoms with Gasteiger partial charge < -0.3 is 4.74 Å². The fourth-order valence-electron chi connectivity index (χ4n) is 1.96. The molecule has 0 aliphatic carbocycles. The van der Waals surface area contributed by atoms with Crippen molar-refractivity contribution in [3.63, 3.8) is 0 Å². The third kappa shape index (κ3) is 3.35. The van der Waals surface area contributed by atoms with Crippen molar-refractivity contribution in [2.45, 2.75) is 13.8 Å². The van der Waals surface area contributed by atoms with Gasteiger partial charge in [0.15, 0.2) is 5.78 Å². The molecule has 0 aliphatic rings. The number of carbonyl (C=O) groups is 1. The van der Waals surface area contributed by atoms with Crippen LogP contribution in [-0.2, 0) is 0 Å². The molecular weight excluding hydrogens is 248 g/mol. The highest BCUT2D eigenvalue weighted by Crippen LogP contribution is 2.21. The van der Waals surface area contributed by atoms with Gasteiger partial charge in [-0.25, -0.2) is 0 Å². The second-order valence-corrected chi connectivity index (χ2v) is 4.81. The Morgan fingerprint density at radius 3 is 2.30 bits per heavy atom. The summed E-state index contributed by atoms with van der Waals surface area (Å²) in [4.78, 5) is 12.1. The second-order valence-electron chi connectivity index (χ2n) is 4.81. The normalized spacial score (nSPS) is 10.8. The number of allylic oxidation sites excluding steroid dienone is 1. The molecule has 0 aliphatic heterocycles. The first-order chi connectivity index (χ1) is 9.60. The summed E-state index contributed by atoms with van der Waals surface area (Å²) in [6.07, 6.45) is 3.38. The van der Waals surface area contributed by atoms with Crippen LogP contribution in [-0.4, -0.2) is 12.9 Å². The first-order valence-corrected chi connectivity index (χ1v) is 6.54. The standard InChI is InChI=1S/C18H18O2/c1-13-4-7-15(8-5-13)17(19)10-9-16-12-14(2)6-11-18(16)20-3/h4-12H,1-3H3/b10-9+. The highest BCUT2D eigenvalue weighted by atomic mass is 16.5. The molecule has 0 unspecified atom stereocenters. The summed E-state index contributed by atoms with van der Waals surface area (Å²) in [5.41, 5.74) is 3.88. The van der Waals surface area contributed by atoms with E-state index >= 15 is 0 Å². The van der Waals surface area contributed by atoms with Crippen molar-refractivity contribution < 1.29 is 9.53 Å². The van der Waals surface area contributed by atoms with Gasteiger partial charge >= 0.3 is 0 Å². The molecule has 0 saturated heterocycles. The molecular formula is C18H18O2. The minimum Gasteiger partial charge on any atom is -0.496 e. The first kappa shape index (κ1) is 14.1. The fraction of sp³-hybridized carbons (Fsp3) is 0.167. The van der Waals surface area contributed by atoms with Gasteiger partial charge in [0.25, 0.3) is 0 Å². The van der Waals surface area contributed by atoms with Gasteiger partial charge in [-0.1, -0.05) is 41.5 Å². The minimum absolute atomic E-state index is 0.00596. The van der Waals surface area contributed by atoms with Gasteiger partial charge in [-0.2, -0.15) is 0 Å². The number of rotatable bonds is 4. The Hall–Kier alpha value is -2.35. The summed E-state index contributed by atoms with van der Waals surface area (Å²) in [5.74, 6) is 0.761. The van der Waals surface area contributed by atoms with E-state index in [0.29, 0.717) is 5.56 Å². The lowest BCUT2D eigenvalue weighted by Gasteiger charge is -2.05. The number of methoxy groups -OCH3 is 1. The van der Waals surface area contributed by atoms with E-state index in [0.717, 1.165) is 22.4 Å². The fourth-order valence-corrected chi connectivity index (χ4v) is 1.96. The van der Waals surface area contributed by atoms with Gasteiger partial charge in [-0.3, -0.25) is 4.79 Å². The highest BCUT2D eigenvalue weighted by molar-refractivity contribution is 6.06. The quantitative estimate of drug-likeness (QED) is 0.612. The van der Waals surface area contributed by atoms with E-state index in [4.69, 9.17) is 4.74 Å². The van der Waals surface area contributed by atoms with Gasteiger partial charge in [0.1, 0.15) is 5.75 Å². The van der Waals surface area contributed by atoms with Crippen molar-refractivity contribution >= 4 is 11.9 Å². The summed E-state index contributed by atoms with van der Waals surface area (Å²) in [5, 5.41) is 0. The van der Waals surface area contributed by atoms with Crippen molar-refractivity contribution in [3.05, 3.63) is 70.8 Å². The number of ether oxygens (including phenoxy) is 1. The molecule has 0 atom stereocenters. The Bertz CT molecular complexity index is 637. The minimum atomic E-state index is -0.00596. The topological polar surface area (TPSA) is 26.3 Å². The number of aryl methyl sites for hydroxylation is 2. The maximum absolute atomic E-state index is 12.1. The van der Waals surface area contributed by atoms with Crippen molar-refractivity contribution in [2.75, 3.05) is 7.11 Å². The summed E-state index contributed by atoms with van der Waals surface area (Å²) >= 11 is 0. The van der Waals surface area contributed by atoms with Crippen LogP contribution in [0.5, 0.6) is 5.75 Å². The van der Waals surface area contributed by atoms with E-state index in [1.165, 1.54) is 0 Å². The molecule has 2 aromatic carbocycles. The first-order valence-electron chi connectivity index (χ1n) is 6.54. The largest absolute Gasteiger partial charge is 0.496 e. The average Bonchev–Trinajstić information content (AvgIpc) is 2.45. The highest BCUT2D eigenvalue weighted by Gasteiger charge is 2.03. The average molecular weight is 266 g/mol. The van der Waals surface area contributed by atoms with Crippen LogP contribution in [0.2, 0.25) is 0 Å². The zero-order valence-corrected chi connectivity index (χ0v) is 12.0. The van der Waals surface area contributed by atoms with E-state index in [1.54, 1.807) is 19.3 Å². The molecule has 2 nitrogen and oxygen atoms in total. The number of benzene rings is 2. The van der Waals surface area contributed by atoms with Gasteiger partial charge in [0.2, 0.25) is 0 Å². The van der Waals surface area contributed by atoms with Crippen molar-refractivity contribution in [2.24, 2.45) is 0 Å². The second kappa shape index (κ2) is 6.20. The van der Waals surface area contributed by atoms with E-state index < -0.39 is 0 Å². The third-order valence-corrected chi connectivity index (χ3v) is 3.14. The lowest BCUT2D eigenvalue weighted by atomic mass is 10.1. The molecule has 0 amide bonds. The Labute approximate surface area is 119 Å². The van der Waals surface area contributed by atoms with Gasteiger partial charge in [-0.15, -0.1) is 0 Å². The summed E-state index contributed by atoms with van der Waals surface area (Å²) in [7, 11) is 1.63. The van der Waals surface area contributed by atoms with Gasteiger partial charge in [0.05, 0.1) is 7.11 Å². The van der Waals surface area contributed by atoms with E-state index in [2.05, 4.69) is 0 Å². The molecule has 0 fully saturated rings. The molecule has 0 bridgehead atoms. The van der Waals surface area contributed by atoms with E-state index in [9.17, 15) is 4.79 Å². The Morgan fingerprint density at radius 1 is 1.00 bits per heavy atom. The van der Waals surface area contributed by atoms with Gasteiger partial charge in [0, 0.05) is 11.1 Å². The van der Waals surface area contributed by atoms with Crippen LogP contribution in [0.25, 0.3) is 6.08 Å². The van der Waals surface area contributed by atoms with Crippen LogP contribution in [0, 0.1) is 13.8 Å². The molecule has 2 heteroatoms. The predicted molar refractivity (Wildman–Crippen MR) is 82.3 cm³/mol. The monoisotopic (exact) mass is 266 g/mol. The Balaban J connectivity index is 2.22. The molecule has 0 N–H and O–H groups in total. The van der Waals surface area contributed by atoms with E-state index in [-0.39, 0.29) is 5.78 Å². The lowest BCUT2D eigenvalue weighted by molar-refractivity contribution is 0.104. The third-order valence-electron chi connectivity index (χ3n) is 3.14. The maximum atomic E-state index is 12.1. The van der Waals surface area contributed by atoms with Crippen molar-refractivity contribution in [1.29, 1.82) is 0 Å². The number of hydrogen-bond donors (Lipinski definition) is 0. The Morgan fingerprint density at radius 2 is 1.65 bits per heavy atom. The van der Waals surface area contributed by atoms with E-state index in [1.807, 2.05) is 56.3 Å².